The summed E-state index contributed by atoms with van der Waals surface area (Å²) in [6, 6.07) is 6.61. The summed E-state index contributed by atoms with van der Waals surface area (Å²) in [5.41, 5.74) is 3.90. The Morgan fingerprint density at radius 2 is 2.06 bits per heavy atom. The van der Waals surface area contributed by atoms with Gasteiger partial charge in [0.1, 0.15) is 11.3 Å². The number of rotatable bonds is 5. The largest absolute Gasteiger partial charge is 0.483 e. The summed E-state index contributed by atoms with van der Waals surface area (Å²) in [7, 11) is 1.61. The third-order valence-corrected chi connectivity index (χ3v) is 6.14. The number of piperazine rings is 1. The molecular formula is C22H27N7O4. The molecule has 0 aromatic carbocycles. The number of fused-ring (bicyclic) bond motifs is 3. The molecule has 1 amide bonds. The molecule has 3 saturated heterocycles. The van der Waals surface area contributed by atoms with Crippen LogP contribution in [0.25, 0.3) is 5.65 Å². The molecule has 3 N–H and O–H groups in total. The Morgan fingerprint density at radius 3 is 2.67 bits per heavy atom. The molecule has 2 atom stereocenters. The smallest absolute Gasteiger partial charge is 0.290 e. The zero-order chi connectivity index (χ0) is 23.5. The summed E-state index contributed by atoms with van der Waals surface area (Å²) in [5.74, 6) is -0.170. The van der Waals surface area contributed by atoms with E-state index in [0.717, 1.165) is 42.2 Å². The summed E-state index contributed by atoms with van der Waals surface area (Å²) >= 11 is 0. The van der Waals surface area contributed by atoms with Crippen molar-refractivity contribution in [1.29, 1.82) is 0 Å². The lowest BCUT2D eigenvalue weighted by Crippen LogP contribution is -2.68. The first kappa shape index (κ1) is 22.5. The normalized spacial score (nSPS) is 19.4. The Balaban J connectivity index is 0.000000821. The van der Waals surface area contributed by atoms with Crippen LogP contribution >= 0.6 is 0 Å². The molecule has 3 aliphatic rings. The van der Waals surface area contributed by atoms with Gasteiger partial charge in [-0.2, -0.15) is 5.10 Å². The predicted molar refractivity (Wildman–Crippen MR) is 121 cm³/mol. The standard InChI is InChI=1S/C21H25N7O2.CH2O2/c1-3-13-9-27-19(24-20(13)29)6-14(25-27)10-26-11-16-7-17(12-26)28(16)15-4-5-18(23-8-15)21(30)22-2;2-1-3/h4-6,8-9,16-17H,3,7,10-12H2,1-2H3,(H,22,30)(H,24,29);1H,(H,2,3). The number of nitrogens with zero attached hydrogens (tertiary/aromatic N) is 5. The first-order valence-electron chi connectivity index (χ1n) is 10.8. The van der Waals surface area contributed by atoms with E-state index in [4.69, 9.17) is 9.90 Å². The first-order chi connectivity index (χ1) is 16.0. The van der Waals surface area contributed by atoms with Gasteiger partial charge >= 0.3 is 0 Å². The van der Waals surface area contributed by atoms with Crippen LogP contribution in [0.3, 0.4) is 0 Å². The molecule has 2 bridgehead atoms. The van der Waals surface area contributed by atoms with Gasteiger partial charge in [0.25, 0.3) is 17.9 Å². The molecule has 6 rings (SSSR count). The minimum atomic E-state index is -0.250. The lowest BCUT2D eigenvalue weighted by atomic mass is 9.86. The third-order valence-electron chi connectivity index (χ3n) is 6.14. The SMILES string of the molecule is CCc1cn2nc(CN3CC4CC(C3)N4c3ccc(C(=O)NC)nc3)cc2[nH]c1=O.O=CO. The second kappa shape index (κ2) is 9.41. The summed E-state index contributed by atoms with van der Waals surface area (Å²) in [6.07, 6.45) is 5.47. The summed E-state index contributed by atoms with van der Waals surface area (Å²) in [6.45, 7) is 4.39. The minimum Gasteiger partial charge on any atom is -0.483 e. The van der Waals surface area contributed by atoms with Gasteiger partial charge in [0.2, 0.25) is 0 Å². The number of hydrogen-bond donors (Lipinski definition) is 3. The molecule has 3 aliphatic heterocycles. The Bertz CT molecular complexity index is 1190. The van der Waals surface area contributed by atoms with Crippen molar-refractivity contribution in [2.45, 2.75) is 38.4 Å². The Morgan fingerprint density at radius 1 is 1.33 bits per heavy atom. The average molecular weight is 454 g/mol. The van der Waals surface area contributed by atoms with Crippen molar-refractivity contribution in [3.05, 3.63) is 57.9 Å². The van der Waals surface area contributed by atoms with E-state index < -0.39 is 0 Å². The Hall–Kier alpha value is -3.73. The van der Waals surface area contributed by atoms with Gasteiger partial charge in [-0.3, -0.25) is 19.3 Å². The fraction of sp³-hybridized carbons (Fsp3) is 0.409. The fourth-order valence-corrected chi connectivity index (χ4v) is 4.65. The molecule has 3 aromatic rings. The number of carbonyl (C=O) groups is 2. The molecule has 0 saturated carbocycles. The number of H-pyrrole nitrogens is 1. The van der Waals surface area contributed by atoms with Crippen molar-refractivity contribution in [3.63, 3.8) is 0 Å². The Kier molecular flexibility index (Phi) is 6.40. The molecule has 6 heterocycles. The van der Waals surface area contributed by atoms with E-state index in [1.165, 1.54) is 6.42 Å². The number of aromatic amines is 1. The molecule has 0 aliphatic carbocycles. The van der Waals surface area contributed by atoms with Crippen molar-refractivity contribution in [2.24, 2.45) is 0 Å². The maximum Gasteiger partial charge on any atom is 0.290 e. The van der Waals surface area contributed by atoms with Crippen LogP contribution in [0.5, 0.6) is 0 Å². The van der Waals surface area contributed by atoms with E-state index >= 15 is 0 Å². The summed E-state index contributed by atoms with van der Waals surface area (Å²) in [5, 5.41) is 14.1. The molecule has 2 unspecified atom stereocenters. The van der Waals surface area contributed by atoms with Crippen LogP contribution < -0.4 is 15.8 Å². The lowest BCUT2D eigenvalue weighted by molar-refractivity contribution is -0.122. The van der Waals surface area contributed by atoms with Crippen LogP contribution in [-0.4, -0.2) is 74.2 Å². The average Bonchev–Trinajstić information content (AvgIpc) is 3.19. The molecular weight excluding hydrogens is 426 g/mol. The quantitative estimate of drug-likeness (QED) is 0.475. The number of anilines is 1. The molecule has 0 radical (unpaired) electrons. The van der Waals surface area contributed by atoms with Gasteiger partial charge in [-0.25, -0.2) is 9.50 Å². The van der Waals surface area contributed by atoms with Gasteiger partial charge in [-0.15, -0.1) is 0 Å². The van der Waals surface area contributed by atoms with Gasteiger partial charge in [-0.1, -0.05) is 6.92 Å². The van der Waals surface area contributed by atoms with Crippen molar-refractivity contribution >= 4 is 23.7 Å². The molecule has 11 nitrogen and oxygen atoms in total. The third kappa shape index (κ3) is 4.44. The second-order valence-electron chi connectivity index (χ2n) is 8.16. The summed E-state index contributed by atoms with van der Waals surface area (Å²) in [4.78, 5) is 44.1. The van der Waals surface area contributed by atoms with Gasteiger partial charge < -0.3 is 20.3 Å². The monoisotopic (exact) mass is 453 g/mol. The number of hydrogen-bond acceptors (Lipinski definition) is 7. The number of nitrogens with one attached hydrogen (secondary N) is 2. The minimum absolute atomic E-state index is 0.0395. The van der Waals surface area contributed by atoms with Crippen molar-refractivity contribution in [2.75, 3.05) is 25.0 Å². The van der Waals surface area contributed by atoms with E-state index in [0.29, 0.717) is 24.2 Å². The molecule has 174 valence electrons. The highest BCUT2D eigenvalue weighted by Crippen LogP contribution is 2.37. The number of amides is 1. The molecule has 33 heavy (non-hydrogen) atoms. The number of aromatic nitrogens is 4. The van der Waals surface area contributed by atoms with Crippen LogP contribution in [0.15, 0.2) is 35.4 Å². The van der Waals surface area contributed by atoms with E-state index in [9.17, 15) is 9.59 Å². The fourth-order valence-electron chi connectivity index (χ4n) is 4.65. The van der Waals surface area contributed by atoms with Crippen molar-refractivity contribution in [1.82, 2.24) is 29.8 Å². The highest BCUT2D eigenvalue weighted by atomic mass is 16.3. The van der Waals surface area contributed by atoms with Crippen molar-refractivity contribution in [3.8, 4) is 0 Å². The number of carbonyl (C=O) groups excluding carboxylic acids is 1. The highest BCUT2D eigenvalue weighted by molar-refractivity contribution is 5.92. The molecule has 11 heteroatoms. The van der Waals surface area contributed by atoms with Gasteiger partial charge in [0, 0.05) is 56.6 Å². The van der Waals surface area contributed by atoms with E-state index in [2.05, 4.69) is 30.2 Å². The van der Waals surface area contributed by atoms with E-state index in [-0.39, 0.29) is 17.9 Å². The summed E-state index contributed by atoms with van der Waals surface area (Å²) < 4.78 is 1.77. The molecule has 3 fully saturated rings. The molecule has 3 aromatic heterocycles. The topological polar surface area (TPSA) is 136 Å². The zero-order valence-corrected chi connectivity index (χ0v) is 18.6. The van der Waals surface area contributed by atoms with E-state index in [1.807, 2.05) is 25.3 Å². The predicted octanol–water partition coefficient (Wildman–Crippen LogP) is 0.504. The van der Waals surface area contributed by atoms with Gasteiger partial charge in [0.15, 0.2) is 0 Å². The first-order valence-corrected chi connectivity index (χ1v) is 10.8. The maximum absolute atomic E-state index is 12.0. The van der Waals surface area contributed by atoms with Gasteiger partial charge in [0.05, 0.1) is 17.6 Å². The van der Waals surface area contributed by atoms with Crippen LogP contribution in [0, 0.1) is 0 Å². The van der Waals surface area contributed by atoms with Crippen molar-refractivity contribution < 1.29 is 14.7 Å². The number of pyridine rings is 1. The number of piperidine rings is 1. The zero-order valence-electron chi connectivity index (χ0n) is 18.6. The van der Waals surface area contributed by atoms with Crippen LogP contribution in [0.2, 0.25) is 0 Å². The Labute approximate surface area is 190 Å². The van der Waals surface area contributed by atoms with Crippen LogP contribution in [0.1, 0.15) is 35.1 Å². The van der Waals surface area contributed by atoms with E-state index in [1.54, 1.807) is 23.8 Å². The number of aryl methyl sites for hydroxylation is 1. The lowest BCUT2D eigenvalue weighted by Gasteiger charge is -2.57. The second-order valence-corrected chi connectivity index (χ2v) is 8.16. The van der Waals surface area contributed by atoms with Crippen LogP contribution in [0.4, 0.5) is 5.69 Å². The number of carboxylic acid groups (broad SMARTS) is 1. The van der Waals surface area contributed by atoms with Crippen LogP contribution in [-0.2, 0) is 17.8 Å². The van der Waals surface area contributed by atoms with Gasteiger partial charge in [-0.05, 0) is 25.0 Å². The highest BCUT2D eigenvalue weighted by Gasteiger charge is 2.44. The maximum atomic E-state index is 12.0. The molecule has 0 spiro atoms.